The first-order valence-corrected chi connectivity index (χ1v) is 11.2. The first-order valence-electron chi connectivity index (χ1n) is 11.2. The fraction of sp³-hybridized carbons (Fsp3) is 0.107. The van der Waals surface area contributed by atoms with Gasteiger partial charge < -0.3 is 15.2 Å². The van der Waals surface area contributed by atoms with Gasteiger partial charge in [0.2, 0.25) is 0 Å². The Hall–Kier alpha value is -4.66. The number of halogens is 3. The Bertz CT molecular complexity index is 1370. The number of hydrogen-bond acceptors (Lipinski definition) is 4. The van der Waals surface area contributed by atoms with Crippen molar-refractivity contribution in [2.45, 2.75) is 18.8 Å². The lowest BCUT2D eigenvalue weighted by molar-refractivity contribution is -0.274. The van der Waals surface area contributed by atoms with Gasteiger partial charge in [0, 0.05) is 12.0 Å². The zero-order valence-corrected chi connectivity index (χ0v) is 19.3. The summed E-state index contributed by atoms with van der Waals surface area (Å²) in [6.07, 6.45) is -4.74. The number of rotatable bonds is 8. The highest BCUT2D eigenvalue weighted by molar-refractivity contribution is 5.95. The third kappa shape index (κ3) is 6.94. The van der Waals surface area contributed by atoms with Crippen LogP contribution in [0.2, 0.25) is 0 Å². The van der Waals surface area contributed by atoms with Gasteiger partial charge in [0.05, 0.1) is 5.69 Å². The number of carboxylic acids is 1. The van der Waals surface area contributed by atoms with E-state index in [-0.39, 0.29) is 17.9 Å². The average Bonchev–Trinajstić information content (AvgIpc) is 2.89. The number of amides is 1. The molecule has 37 heavy (non-hydrogen) atoms. The van der Waals surface area contributed by atoms with Crippen LogP contribution in [-0.2, 0) is 11.2 Å². The molecule has 0 radical (unpaired) electrons. The molecule has 0 spiro atoms. The molecule has 0 saturated carbocycles. The molecular formula is C28H21F3N2O4. The number of carbonyl (C=O) groups is 2. The predicted octanol–water partition coefficient (Wildman–Crippen LogP) is 5.74. The topological polar surface area (TPSA) is 88.5 Å². The SMILES string of the molecule is O=C(NC(Cc1ccc(-c2ccccc2)cc1)C(=O)O)c1cccc(-c2ccc(OC(F)(F)F)cc2)n1. The van der Waals surface area contributed by atoms with E-state index in [9.17, 15) is 27.9 Å². The lowest BCUT2D eigenvalue weighted by Crippen LogP contribution is -2.42. The average molecular weight is 506 g/mol. The predicted molar refractivity (Wildman–Crippen MR) is 131 cm³/mol. The smallest absolute Gasteiger partial charge is 0.480 e. The van der Waals surface area contributed by atoms with Gasteiger partial charge in [-0.2, -0.15) is 0 Å². The molecule has 0 fully saturated rings. The lowest BCUT2D eigenvalue weighted by Gasteiger charge is -2.15. The normalized spacial score (nSPS) is 12.0. The van der Waals surface area contributed by atoms with Gasteiger partial charge in [-0.25, -0.2) is 9.78 Å². The molecule has 9 heteroatoms. The van der Waals surface area contributed by atoms with Gasteiger partial charge in [0.25, 0.3) is 5.91 Å². The van der Waals surface area contributed by atoms with Crippen LogP contribution >= 0.6 is 0 Å². The zero-order chi connectivity index (χ0) is 26.4. The zero-order valence-electron chi connectivity index (χ0n) is 19.3. The van der Waals surface area contributed by atoms with Crippen LogP contribution in [-0.4, -0.2) is 34.4 Å². The van der Waals surface area contributed by atoms with Crippen LogP contribution in [0.25, 0.3) is 22.4 Å². The summed E-state index contributed by atoms with van der Waals surface area (Å²) in [7, 11) is 0. The van der Waals surface area contributed by atoms with Crippen LogP contribution in [0.4, 0.5) is 13.2 Å². The Balaban J connectivity index is 1.44. The van der Waals surface area contributed by atoms with E-state index < -0.39 is 24.3 Å². The van der Waals surface area contributed by atoms with Gasteiger partial charge in [-0.05, 0) is 53.1 Å². The number of aromatic nitrogens is 1. The molecule has 1 aromatic heterocycles. The number of pyridine rings is 1. The maximum atomic E-state index is 12.8. The second-order valence-corrected chi connectivity index (χ2v) is 8.11. The Kier molecular flexibility index (Phi) is 7.52. The Morgan fingerprint density at radius 2 is 1.43 bits per heavy atom. The minimum Gasteiger partial charge on any atom is -0.480 e. The number of hydrogen-bond donors (Lipinski definition) is 2. The summed E-state index contributed by atoms with van der Waals surface area (Å²) >= 11 is 0. The molecule has 6 nitrogen and oxygen atoms in total. The molecule has 3 aromatic carbocycles. The maximum absolute atomic E-state index is 12.8. The molecule has 0 saturated heterocycles. The molecule has 0 bridgehead atoms. The minimum absolute atomic E-state index is 0.0289. The van der Waals surface area contributed by atoms with E-state index >= 15 is 0 Å². The fourth-order valence-corrected chi connectivity index (χ4v) is 3.68. The third-order valence-electron chi connectivity index (χ3n) is 5.47. The van der Waals surface area contributed by atoms with Crippen LogP contribution in [0.5, 0.6) is 5.75 Å². The summed E-state index contributed by atoms with van der Waals surface area (Å²) in [6, 6.07) is 25.5. The molecule has 0 aliphatic rings. The number of carbonyl (C=O) groups excluding carboxylic acids is 1. The van der Waals surface area contributed by atoms with Crippen LogP contribution in [0.1, 0.15) is 16.1 Å². The molecule has 4 aromatic rings. The van der Waals surface area contributed by atoms with E-state index in [0.717, 1.165) is 28.8 Å². The molecule has 188 valence electrons. The summed E-state index contributed by atoms with van der Waals surface area (Å²) in [5.74, 6) is -2.27. The summed E-state index contributed by atoms with van der Waals surface area (Å²) in [5, 5.41) is 12.2. The molecule has 1 amide bonds. The van der Waals surface area contributed by atoms with Crippen molar-refractivity contribution in [3.05, 3.63) is 108 Å². The highest BCUT2D eigenvalue weighted by Crippen LogP contribution is 2.26. The summed E-state index contributed by atoms with van der Waals surface area (Å²) in [6.45, 7) is 0. The van der Waals surface area contributed by atoms with Crippen molar-refractivity contribution in [3.8, 4) is 28.1 Å². The van der Waals surface area contributed by atoms with E-state index in [1.807, 2.05) is 54.6 Å². The second kappa shape index (κ2) is 10.9. The van der Waals surface area contributed by atoms with Crippen LogP contribution < -0.4 is 10.1 Å². The van der Waals surface area contributed by atoms with Crippen molar-refractivity contribution in [1.82, 2.24) is 10.3 Å². The lowest BCUT2D eigenvalue weighted by atomic mass is 10.0. The third-order valence-corrected chi connectivity index (χ3v) is 5.47. The van der Waals surface area contributed by atoms with Crippen LogP contribution in [0.3, 0.4) is 0 Å². The first-order chi connectivity index (χ1) is 17.7. The van der Waals surface area contributed by atoms with E-state index in [1.165, 1.54) is 18.2 Å². The Morgan fingerprint density at radius 3 is 2.05 bits per heavy atom. The van der Waals surface area contributed by atoms with Crippen LogP contribution in [0.15, 0.2) is 97.1 Å². The quantitative estimate of drug-likeness (QED) is 0.318. The van der Waals surface area contributed by atoms with E-state index in [0.29, 0.717) is 11.3 Å². The molecule has 0 aliphatic carbocycles. The fourth-order valence-electron chi connectivity index (χ4n) is 3.68. The molecule has 1 atom stereocenters. The Labute approximate surface area is 210 Å². The standard InChI is InChI=1S/C28H21F3N2O4/c29-28(30,31)37-22-15-13-21(14-16-22)23-7-4-8-24(32-23)26(34)33-25(27(35)36)17-18-9-11-20(12-10-18)19-5-2-1-3-6-19/h1-16,25H,17H2,(H,33,34)(H,35,36). The van der Waals surface area contributed by atoms with Gasteiger partial charge in [-0.15, -0.1) is 13.2 Å². The summed E-state index contributed by atoms with van der Waals surface area (Å²) in [5.41, 5.74) is 3.51. The van der Waals surface area contributed by atoms with Gasteiger partial charge in [0.1, 0.15) is 17.5 Å². The molecule has 4 rings (SSSR count). The van der Waals surface area contributed by atoms with Crippen molar-refractivity contribution in [2.75, 3.05) is 0 Å². The molecule has 0 aliphatic heterocycles. The van der Waals surface area contributed by atoms with Crippen molar-refractivity contribution >= 4 is 11.9 Å². The highest BCUT2D eigenvalue weighted by atomic mass is 19.4. The number of ether oxygens (including phenoxy) is 1. The molecule has 1 unspecified atom stereocenters. The summed E-state index contributed by atoms with van der Waals surface area (Å²) in [4.78, 5) is 28.9. The van der Waals surface area contributed by atoms with E-state index in [2.05, 4.69) is 15.0 Å². The molecule has 1 heterocycles. The number of nitrogens with zero attached hydrogens (tertiary/aromatic N) is 1. The number of benzene rings is 3. The monoisotopic (exact) mass is 506 g/mol. The maximum Gasteiger partial charge on any atom is 0.573 e. The van der Waals surface area contributed by atoms with Gasteiger partial charge in [0.15, 0.2) is 0 Å². The van der Waals surface area contributed by atoms with Crippen molar-refractivity contribution < 1.29 is 32.6 Å². The number of alkyl halides is 3. The highest BCUT2D eigenvalue weighted by Gasteiger charge is 2.31. The minimum atomic E-state index is -4.80. The number of aliphatic carboxylic acids is 1. The van der Waals surface area contributed by atoms with Gasteiger partial charge in [-0.1, -0.05) is 60.7 Å². The van der Waals surface area contributed by atoms with E-state index in [4.69, 9.17) is 0 Å². The summed E-state index contributed by atoms with van der Waals surface area (Å²) < 4.78 is 41.0. The molecule has 2 N–H and O–H groups in total. The Morgan fingerprint density at radius 1 is 0.811 bits per heavy atom. The van der Waals surface area contributed by atoms with Gasteiger partial charge in [-0.3, -0.25) is 4.79 Å². The largest absolute Gasteiger partial charge is 0.573 e. The number of carboxylic acid groups (broad SMARTS) is 1. The van der Waals surface area contributed by atoms with Crippen LogP contribution in [0, 0.1) is 0 Å². The number of nitrogens with one attached hydrogen (secondary N) is 1. The van der Waals surface area contributed by atoms with Crippen molar-refractivity contribution in [1.29, 1.82) is 0 Å². The molecular weight excluding hydrogens is 485 g/mol. The van der Waals surface area contributed by atoms with Crippen molar-refractivity contribution in [2.24, 2.45) is 0 Å². The first kappa shape index (κ1) is 25.4. The van der Waals surface area contributed by atoms with E-state index in [1.54, 1.807) is 12.1 Å². The second-order valence-electron chi connectivity index (χ2n) is 8.11. The van der Waals surface area contributed by atoms with Gasteiger partial charge >= 0.3 is 12.3 Å². The van der Waals surface area contributed by atoms with Crippen molar-refractivity contribution in [3.63, 3.8) is 0 Å².